The first-order chi connectivity index (χ1) is 9.41. The van der Waals surface area contributed by atoms with Crippen LogP contribution in [0.5, 0.6) is 0 Å². The van der Waals surface area contributed by atoms with Gasteiger partial charge in [0.05, 0.1) is 0 Å². The standard InChI is InChI=1S/3C2H3F3O.BH3O3/c3*3-1-2(4,5)6;2-1(3)4/h3*6H,1H2;2-4H. The van der Waals surface area contributed by atoms with Crippen molar-refractivity contribution < 1.29 is 69.9 Å². The Balaban J connectivity index is -0.0000000994. The summed E-state index contributed by atoms with van der Waals surface area (Å²) in [7, 11) is -2.17. The molecule has 0 bridgehead atoms. The molecule has 0 amide bonds. The molecule has 0 aromatic carbocycles. The van der Waals surface area contributed by atoms with E-state index < -0.39 is 45.7 Å². The van der Waals surface area contributed by atoms with E-state index in [1.165, 1.54) is 0 Å². The third-order valence-electron chi connectivity index (χ3n) is 0.482. The summed E-state index contributed by atoms with van der Waals surface area (Å²) < 4.78 is 95.3. The number of rotatable bonds is 3. The van der Waals surface area contributed by atoms with Gasteiger partial charge in [-0.1, -0.05) is 0 Å². The lowest BCUT2D eigenvalue weighted by molar-refractivity contribution is -0.208. The highest BCUT2D eigenvalue weighted by Crippen LogP contribution is 2.07. The molecule has 0 aliphatic heterocycles. The smallest absolute Gasteiger partial charge is 0.402 e. The van der Waals surface area contributed by atoms with Crippen LogP contribution in [0.15, 0.2) is 0 Å². The molecule has 0 unspecified atom stereocenters. The normalized spacial score (nSPS) is 11.0. The molecule has 0 radical (unpaired) electrons. The molecule has 0 aliphatic carbocycles. The molecule has 0 heterocycles. The third kappa shape index (κ3) is 94.6. The second-order valence-electron chi connectivity index (χ2n) is 2.74. The Morgan fingerprint density at radius 1 is 0.545 bits per heavy atom. The van der Waals surface area contributed by atoms with Crippen molar-refractivity contribution in [3.63, 3.8) is 0 Å². The zero-order valence-corrected chi connectivity index (χ0v) is 10.3. The molecular weight excluding hydrogens is 350 g/mol. The van der Waals surface area contributed by atoms with Crippen molar-refractivity contribution in [2.75, 3.05) is 20.0 Å². The molecule has 0 atom stereocenters. The fourth-order valence-electron chi connectivity index (χ4n) is 0. The second kappa shape index (κ2) is 13.8. The minimum atomic E-state index is -4.12. The Hall–Kier alpha value is -0.805. The number of aliphatic hydroxyl groups is 3. The van der Waals surface area contributed by atoms with Crippen molar-refractivity contribution in [2.24, 2.45) is 0 Å². The monoisotopic (exact) mass is 362 g/mol. The molecule has 0 aromatic rings. The fourth-order valence-corrected chi connectivity index (χ4v) is 0. The molecule has 0 rings (SSSR count). The van der Waals surface area contributed by atoms with Crippen LogP contribution in [-0.2, 0) is 0 Å². The maximum atomic E-state index is 10.6. The molecular formula is C6H12BF9O6. The number of alkyl halides is 9. The Labute approximate surface area is 117 Å². The van der Waals surface area contributed by atoms with Crippen molar-refractivity contribution in [2.45, 2.75) is 18.3 Å². The molecule has 6 nitrogen and oxygen atoms in total. The summed E-state index contributed by atoms with van der Waals surface area (Å²) >= 11 is 0. The molecule has 0 saturated carbocycles. The van der Waals surface area contributed by atoms with E-state index in [0.717, 1.165) is 0 Å². The van der Waals surface area contributed by atoms with E-state index in [4.69, 9.17) is 30.4 Å². The van der Waals surface area contributed by atoms with Gasteiger partial charge in [0.1, 0.15) is 0 Å². The van der Waals surface area contributed by atoms with Crippen molar-refractivity contribution in [3.8, 4) is 0 Å². The van der Waals surface area contributed by atoms with Crippen LogP contribution in [0.1, 0.15) is 0 Å². The van der Waals surface area contributed by atoms with Gasteiger partial charge in [-0.25, -0.2) is 13.2 Å². The molecule has 16 heteroatoms. The highest BCUT2D eigenvalue weighted by Gasteiger charge is 2.23. The predicted molar refractivity (Wildman–Crippen MR) is 51.8 cm³/mol. The topological polar surface area (TPSA) is 121 Å². The van der Waals surface area contributed by atoms with E-state index in [2.05, 4.69) is 0 Å². The van der Waals surface area contributed by atoms with Gasteiger partial charge in [-0.2, -0.15) is 26.3 Å². The Bertz CT molecular complexity index is 192. The van der Waals surface area contributed by atoms with E-state index >= 15 is 0 Å². The molecule has 0 aliphatic rings. The van der Waals surface area contributed by atoms with Gasteiger partial charge in [-0.05, 0) is 0 Å². The van der Waals surface area contributed by atoms with Crippen LogP contribution in [0.25, 0.3) is 0 Å². The van der Waals surface area contributed by atoms with Crippen LogP contribution >= 0.6 is 0 Å². The molecule has 0 saturated heterocycles. The van der Waals surface area contributed by atoms with Crippen LogP contribution in [0.2, 0.25) is 0 Å². The first-order valence-electron chi connectivity index (χ1n) is 4.44. The third-order valence-corrected chi connectivity index (χ3v) is 0.482. The number of hydrogen-bond acceptors (Lipinski definition) is 6. The molecule has 138 valence electrons. The summed E-state index contributed by atoms with van der Waals surface area (Å²) in [5, 5.41) is 42.9. The average molecular weight is 362 g/mol. The average Bonchev–Trinajstić information content (AvgIpc) is 2.27. The minimum absolute atomic E-state index is 2.01. The van der Waals surface area contributed by atoms with E-state index in [1.807, 2.05) is 0 Å². The summed E-state index contributed by atoms with van der Waals surface area (Å²) in [5.41, 5.74) is 0. The van der Waals surface area contributed by atoms with Crippen molar-refractivity contribution in [1.82, 2.24) is 0 Å². The summed E-state index contributed by atoms with van der Waals surface area (Å²) in [6, 6.07) is 0. The quantitative estimate of drug-likeness (QED) is 0.300. The summed E-state index contributed by atoms with van der Waals surface area (Å²) in [6.45, 7) is -6.02. The zero-order valence-electron chi connectivity index (χ0n) is 10.3. The van der Waals surface area contributed by atoms with Gasteiger partial charge in [0.15, 0.2) is 20.0 Å². The van der Waals surface area contributed by atoms with E-state index in [9.17, 15) is 39.5 Å². The molecule has 0 aromatic heterocycles. The minimum Gasteiger partial charge on any atom is -0.402 e. The van der Waals surface area contributed by atoms with Gasteiger partial charge in [-0.3, -0.25) is 0 Å². The lowest BCUT2D eigenvalue weighted by atomic mass is 10.3. The Kier molecular flexibility index (Phi) is 18.4. The van der Waals surface area contributed by atoms with Crippen LogP contribution in [-0.4, -0.2) is 76.1 Å². The summed E-state index contributed by atoms with van der Waals surface area (Å²) in [6.07, 6.45) is -12.4. The molecule has 22 heavy (non-hydrogen) atoms. The van der Waals surface area contributed by atoms with Crippen LogP contribution < -0.4 is 0 Å². The van der Waals surface area contributed by atoms with Crippen molar-refractivity contribution >= 4 is 7.32 Å². The number of hydrogen-bond donors (Lipinski definition) is 6. The van der Waals surface area contributed by atoms with Gasteiger partial charge in [0.2, 0.25) is 0 Å². The van der Waals surface area contributed by atoms with Crippen molar-refractivity contribution in [3.05, 3.63) is 0 Å². The SMILES string of the molecule is OB(O)O.OC(F)(F)CF.OC(F)(F)CF.OC(F)(F)CF. The molecule has 0 spiro atoms. The Morgan fingerprint density at radius 2 is 0.591 bits per heavy atom. The lowest BCUT2D eigenvalue weighted by Crippen LogP contribution is -2.16. The van der Waals surface area contributed by atoms with Crippen LogP contribution in [0.4, 0.5) is 39.5 Å². The second-order valence-corrected chi connectivity index (χ2v) is 2.74. The lowest BCUT2D eigenvalue weighted by Gasteiger charge is -1.97. The molecule has 0 fully saturated rings. The van der Waals surface area contributed by atoms with Gasteiger partial charge >= 0.3 is 25.6 Å². The fraction of sp³-hybridized carbons (Fsp3) is 1.00. The first-order valence-corrected chi connectivity index (χ1v) is 4.44. The van der Waals surface area contributed by atoms with E-state index in [1.54, 1.807) is 0 Å². The maximum absolute atomic E-state index is 10.6. The van der Waals surface area contributed by atoms with Gasteiger partial charge in [-0.15, -0.1) is 0 Å². The van der Waals surface area contributed by atoms with Crippen LogP contribution in [0, 0.1) is 0 Å². The van der Waals surface area contributed by atoms with Gasteiger partial charge in [0, 0.05) is 0 Å². The highest BCUT2D eigenvalue weighted by molar-refractivity contribution is 6.30. The Morgan fingerprint density at radius 3 is 0.591 bits per heavy atom. The van der Waals surface area contributed by atoms with Gasteiger partial charge < -0.3 is 30.4 Å². The van der Waals surface area contributed by atoms with E-state index in [-0.39, 0.29) is 0 Å². The summed E-state index contributed by atoms with van der Waals surface area (Å²) in [4.78, 5) is 0. The van der Waals surface area contributed by atoms with Gasteiger partial charge in [0.25, 0.3) is 0 Å². The summed E-state index contributed by atoms with van der Waals surface area (Å²) in [5.74, 6) is 0. The zero-order chi connectivity index (χ0) is 19.2. The predicted octanol–water partition coefficient (Wildman–Crippen LogP) is -0.429. The van der Waals surface area contributed by atoms with E-state index in [0.29, 0.717) is 0 Å². The van der Waals surface area contributed by atoms with Crippen LogP contribution in [0.3, 0.4) is 0 Å². The van der Waals surface area contributed by atoms with Crippen molar-refractivity contribution in [1.29, 1.82) is 0 Å². The molecule has 6 N–H and O–H groups in total. The maximum Gasteiger partial charge on any atom is 0.631 e. The first kappa shape index (κ1) is 29.2. The number of halogens is 9. The largest absolute Gasteiger partial charge is 0.631 e. The highest BCUT2D eigenvalue weighted by atomic mass is 19.3.